The third-order valence-corrected chi connectivity index (χ3v) is 5.07. The van der Waals surface area contributed by atoms with Crippen LogP contribution in [0, 0.1) is 6.92 Å². The standard InChI is InChI=1S/C21H20N2O4/c1-12-3-5-14(19(24)9-12)20(25)23-8-7-18-16(11-23)15-10-13(21(26)27-2)4-6-17(15)22-18/h3-6,9-10,22,24H,7-8,11H2,1-2H3. The predicted molar refractivity (Wildman–Crippen MR) is 101 cm³/mol. The van der Waals surface area contributed by atoms with E-state index in [4.69, 9.17) is 4.74 Å². The molecule has 0 spiro atoms. The molecule has 2 N–H and O–H groups in total. The molecule has 0 aliphatic carbocycles. The Morgan fingerprint density at radius 2 is 2.00 bits per heavy atom. The second-order valence-corrected chi connectivity index (χ2v) is 6.83. The number of aromatic hydroxyl groups is 1. The number of methoxy groups -OCH3 is 1. The van der Waals surface area contributed by atoms with Crippen LogP contribution in [0.4, 0.5) is 0 Å². The smallest absolute Gasteiger partial charge is 0.337 e. The Bertz CT molecular complexity index is 1070. The van der Waals surface area contributed by atoms with Gasteiger partial charge in [-0.2, -0.15) is 0 Å². The normalized spacial score (nSPS) is 13.5. The first-order valence-electron chi connectivity index (χ1n) is 8.78. The molecule has 0 saturated carbocycles. The van der Waals surface area contributed by atoms with Crippen LogP contribution in [0.25, 0.3) is 10.9 Å². The van der Waals surface area contributed by atoms with Crippen molar-refractivity contribution in [2.75, 3.05) is 13.7 Å². The van der Waals surface area contributed by atoms with Crippen LogP contribution in [0.2, 0.25) is 0 Å². The summed E-state index contributed by atoms with van der Waals surface area (Å²) in [5.74, 6) is -0.588. The number of benzene rings is 2. The largest absolute Gasteiger partial charge is 0.507 e. The molecule has 27 heavy (non-hydrogen) atoms. The van der Waals surface area contributed by atoms with Crippen LogP contribution in [0.3, 0.4) is 0 Å². The van der Waals surface area contributed by atoms with Crippen LogP contribution in [0.15, 0.2) is 36.4 Å². The van der Waals surface area contributed by atoms with Gasteiger partial charge in [-0.05, 0) is 42.8 Å². The first kappa shape index (κ1) is 17.1. The van der Waals surface area contributed by atoms with Crippen LogP contribution >= 0.6 is 0 Å². The second-order valence-electron chi connectivity index (χ2n) is 6.83. The first-order valence-corrected chi connectivity index (χ1v) is 8.78. The number of aromatic nitrogens is 1. The van der Waals surface area contributed by atoms with Crippen LogP contribution < -0.4 is 0 Å². The fourth-order valence-corrected chi connectivity index (χ4v) is 3.63. The van der Waals surface area contributed by atoms with Crippen molar-refractivity contribution >= 4 is 22.8 Å². The molecule has 6 heteroatoms. The zero-order valence-corrected chi connectivity index (χ0v) is 15.2. The summed E-state index contributed by atoms with van der Waals surface area (Å²) in [4.78, 5) is 29.9. The minimum Gasteiger partial charge on any atom is -0.507 e. The molecule has 4 rings (SSSR count). The molecule has 2 heterocycles. The van der Waals surface area contributed by atoms with Gasteiger partial charge in [-0.1, -0.05) is 6.07 Å². The Morgan fingerprint density at radius 3 is 2.74 bits per heavy atom. The Morgan fingerprint density at radius 1 is 1.19 bits per heavy atom. The lowest BCUT2D eigenvalue weighted by Crippen LogP contribution is -2.35. The molecule has 1 aliphatic rings. The number of nitrogens with one attached hydrogen (secondary N) is 1. The second kappa shape index (κ2) is 6.46. The third-order valence-electron chi connectivity index (χ3n) is 5.07. The molecule has 1 aromatic heterocycles. The number of fused-ring (bicyclic) bond motifs is 3. The molecule has 0 atom stereocenters. The van der Waals surface area contributed by atoms with Gasteiger partial charge < -0.3 is 19.7 Å². The summed E-state index contributed by atoms with van der Waals surface area (Å²) in [6.45, 7) is 2.86. The van der Waals surface area contributed by atoms with E-state index in [9.17, 15) is 14.7 Å². The highest BCUT2D eigenvalue weighted by molar-refractivity contribution is 5.98. The quantitative estimate of drug-likeness (QED) is 0.684. The topological polar surface area (TPSA) is 82.6 Å². The maximum atomic E-state index is 12.9. The Hall–Kier alpha value is -3.28. The molecule has 0 fully saturated rings. The fraction of sp³-hybridized carbons (Fsp3) is 0.238. The molecule has 6 nitrogen and oxygen atoms in total. The van der Waals surface area contributed by atoms with E-state index in [1.54, 1.807) is 29.2 Å². The van der Waals surface area contributed by atoms with Gasteiger partial charge in [-0.3, -0.25) is 4.79 Å². The highest BCUT2D eigenvalue weighted by atomic mass is 16.5. The van der Waals surface area contributed by atoms with Crippen LogP contribution in [-0.2, 0) is 17.7 Å². The molecule has 0 saturated heterocycles. The molecule has 138 valence electrons. The molecule has 2 aromatic carbocycles. The van der Waals surface area contributed by atoms with E-state index in [0.29, 0.717) is 30.6 Å². The van der Waals surface area contributed by atoms with Crippen molar-refractivity contribution < 1.29 is 19.4 Å². The molecule has 0 radical (unpaired) electrons. The maximum Gasteiger partial charge on any atom is 0.337 e. The van der Waals surface area contributed by atoms with Crippen LogP contribution in [-0.4, -0.2) is 40.5 Å². The molecule has 1 aliphatic heterocycles. The highest BCUT2D eigenvalue weighted by Gasteiger charge is 2.26. The monoisotopic (exact) mass is 364 g/mol. The number of esters is 1. The van der Waals surface area contributed by atoms with Crippen LogP contribution in [0.1, 0.15) is 37.5 Å². The van der Waals surface area contributed by atoms with Gasteiger partial charge >= 0.3 is 5.97 Å². The summed E-state index contributed by atoms with van der Waals surface area (Å²) in [5.41, 5.74) is 4.69. The molecular weight excluding hydrogens is 344 g/mol. The van der Waals surface area contributed by atoms with Gasteiger partial charge in [0, 0.05) is 41.7 Å². The Kier molecular flexibility index (Phi) is 4.11. The summed E-state index contributed by atoms with van der Waals surface area (Å²) in [6.07, 6.45) is 0.690. The number of amides is 1. The lowest BCUT2D eigenvalue weighted by atomic mass is 10.0. The number of phenolic OH excluding ortho intramolecular Hbond substituents is 1. The molecular formula is C21H20N2O4. The van der Waals surface area contributed by atoms with Gasteiger partial charge in [0.15, 0.2) is 0 Å². The van der Waals surface area contributed by atoms with Crippen molar-refractivity contribution in [3.05, 3.63) is 64.3 Å². The number of rotatable bonds is 2. The van der Waals surface area contributed by atoms with E-state index in [-0.39, 0.29) is 17.6 Å². The number of hydrogen-bond donors (Lipinski definition) is 2. The zero-order chi connectivity index (χ0) is 19.1. The maximum absolute atomic E-state index is 12.9. The molecule has 0 unspecified atom stereocenters. The van der Waals surface area contributed by atoms with E-state index in [0.717, 1.165) is 27.7 Å². The highest BCUT2D eigenvalue weighted by Crippen LogP contribution is 2.30. The SMILES string of the molecule is COC(=O)c1ccc2[nH]c3c(c2c1)CN(C(=O)c1ccc(C)cc1O)CC3. The van der Waals surface area contributed by atoms with Crippen molar-refractivity contribution in [1.29, 1.82) is 0 Å². The van der Waals surface area contributed by atoms with Gasteiger partial charge in [0.05, 0.1) is 18.2 Å². The number of phenols is 1. The van der Waals surface area contributed by atoms with Crippen molar-refractivity contribution in [3.8, 4) is 5.75 Å². The van der Waals surface area contributed by atoms with E-state index in [2.05, 4.69) is 4.98 Å². The Balaban J connectivity index is 1.69. The summed E-state index contributed by atoms with van der Waals surface area (Å²) in [7, 11) is 1.35. The molecule has 0 bridgehead atoms. The summed E-state index contributed by atoms with van der Waals surface area (Å²) < 4.78 is 4.80. The minimum atomic E-state index is -0.389. The number of carbonyl (C=O) groups is 2. The zero-order valence-electron chi connectivity index (χ0n) is 15.2. The number of hydrogen-bond acceptors (Lipinski definition) is 4. The minimum absolute atomic E-state index is 0.00213. The Labute approximate surface area is 156 Å². The fourth-order valence-electron chi connectivity index (χ4n) is 3.63. The van der Waals surface area contributed by atoms with Gasteiger partial charge in [-0.15, -0.1) is 0 Å². The van der Waals surface area contributed by atoms with E-state index in [1.807, 2.05) is 19.1 Å². The van der Waals surface area contributed by atoms with Crippen molar-refractivity contribution in [1.82, 2.24) is 9.88 Å². The number of ether oxygens (including phenoxy) is 1. The van der Waals surface area contributed by atoms with Crippen molar-refractivity contribution in [3.63, 3.8) is 0 Å². The van der Waals surface area contributed by atoms with Gasteiger partial charge in [0.2, 0.25) is 0 Å². The van der Waals surface area contributed by atoms with Crippen molar-refractivity contribution in [2.24, 2.45) is 0 Å². The van der Waals surface area contributed by atoms with E-state index < -0.39 is 0 Å². The predicted octanol–water partition coefficient (Wildman–Crippen LogP) is 3.17. The average Bonchev–Trinajstić information content (AvgIpc) is 3.04. The molecule has 1 amide bonds. The van der Waals surface area contributed by atoms with Gasteiger partial charge in [0.25, 0.3) is 5.91 Å². The van der Waals surface area contributed by atoms with Gasteiger partial charge in [-0.25, -0.2) is 4.79 Å². The lowest BCUT2D eigenvalue weighted by molar-refractivity contribution is 0.0600. The van der Waals surface area contributed by atoms with Gasteiger partial charge in [0.1, 0.15) is 5.75 Å². The summed E-state index contributed by atoms with van der Waals surface area (Å²) in [5, 5.41) is 11.1. The third kappa shape index (κ3) is 2.93. The van der Waals surface area contributed by atoms with E-state index >= 15 is 0 Å². The molecule has 3 aromatic rings. The number of aryl methyl sites for hydroxylation is 1. The number of H-pyrrole nitrogens is 1. The van der Waals surface area contributed by atoms with Crippen molar-refractivity contribution in [2.45, 2.75) is 19.9 Å². The number of nitrogens with zero attached hydrogens (tertiary/aromatic N) is 1. The lowest BCUT2D eigenvalue weighted by Gasteiger charge is -2.27. The summed E-state index contributed by atoms with van der Waals surface area (Å²) in [6, 6.07) is 10.5. The number of carbonyl (C=O) groups excluding carboxylic acids is 2. The van der Waals surface area contributed by atoms with Crippen LogP contribution in [0.5, 0.6) is 5.75 Å². The average molecular weight is 364 g/mol. The van der Waals surface area contributed by atoms with E-state index in [1.165, 1.54) is 7.11 Å². The summed E-state index contributed by atoms with van der Waals surface area (Å²) >= 11 is 0. The first-order chi connectivity index (χ1) is 13.0. The number of aromatic amines is 1.